The second kappa shape index (κ2) is 5.02. The second-order valence-electron chi connectivity index (χ2n) is 4.18. The van der Waals surface area contributed by atoms with Gasteiger partial charge in [-0.15, -0.1) is 0 Å². The van der Waals surface area contributed by atoms with Crippen LogP contribution in [0.5, 0.6) is 0 Å². The van der Waals surface area contributed by atoms with Crippen LogP contribution in [0, 0.1) is 0 Å². The number of nitrogens with one attached hydrogen (secondary N) is 1. The molecule has 0 fully saturated rings. The lowest BCUT2D eigenvalue weighted by Crippen LogP contribution is -2.09. The van der Waals surface area contributed by atoms with E-state index in [1.54, 1.807) is 0 Å². The molecular formula is C13H17BrN2. The minimum atomic E-state index is 0.142. The zero-order valence-electron chi connectivity index (χ0n) is 9.46. The van der Waals surface area contributed by atoms with Gasteiger partial charge in [0.15, 0.2) is 0 Å². The van der Waals surface area contributed by atoms with Crippen molar-refractivity contribution >= 4 is 26.8 Å². The van der Waals surface area contributed by atoms with E-state index in [0.717, 1.165) is 16.4 Å². The lowest BCUT2D eigenvalue weighted by molar-refractivity contribution is 0.606. The van der Waals surface area contributed by atoms with E-state index < -0.39 is 0 Å². The molecule has 0 saturated heterocycles. The molecule has 2 rings (SSSR count). The van der Waals surface area contributed by atoms with Gasteiger partial charge in [0.2, 0.25) is 0 Å². The average Bonchev–Trinajstić information content (AvgIpc) is 2.68. The van der Waals surface area contributed by atoms with Gasteiger partial charge in [0.1, 0.15) is 0 Å². The molecule has 3 N–H and O–H groups in total. The number of hydrogen-bond acceptors (Lipinski definition) is 1. The summed E-state index contributed by atoms with van der Waals surface area (Å²) in [5, 5.41) is 1.23. The number of halogens is 1. The molecule has 0 bridgehead atoms. The van der Waals surface area contributed by atoms with Crippen molar-refractivity contribution in [2.24, 2.45) is 5.73 Å². The van der Waals surface area contributed by atoms with Gasteiger partial charge in [0, 0.05) is 27.6 Å². The predicted octanol–water partition coefficient (Wildman–Crippen LogP) is 4.12. The summed E-state index contributed by atoms with van der Waals surface area (Å²) in [6.45, 7) is 2.19. The Morgan fingerprint density at radius 1 is 1.44 bits per heavy atom. The number of H-pyrrole nitrogens is 1. The molecule has 1 atom stereocenters. The highest BCUT2D eigenvalue weighted by molar-refractivity contribution is 9.10. The number of nitrogens with two attached hydrogens (primary N) is 1. The Labute approximate surface area is 104 Å². The molecule has 2 nitrogen and oxygen atoms in total. The first-order valence-corrected chi connectivity index (χ1v) is 6.53. The molecule has 3 heteroatoms. The SMILES string of the molecule is CCCC[C@@H](N)c1c[nH]c2ccc(Br)cc12. The van der Waals surface area contributed by atoms with E-state index in [1.165, 1.54) is 23.8 Å². The van der Waals surface area contributed by atoms with Crippen LogP contribution in [0.4, 0.5) is 0 Å². The van der Waals surface area contributed by atoms with Crippen LogP contribution in [0.2, 0.25) is 0 Å². The van der Waals surface area contributed by atoms with Crippen LogP contribution in [-0.4, -0.2) is 4.98 Å². The van der Waals surface area contributed by atoms with Crippen LogP contribution in [-0.2, 0) is 0 Å². The second-order valence-corrected chi connectivity index (χ2v) is 5.10. The van der Waals surface area contributed by atoms with Crippen LogP contribution in [0.1, 0.15) is 37.8 Å². The lowest BCUT2D eigenvalue weighted by Gasteiger charge is -2.09. The van der Waals surface area contributed by atoms with E-state index in [2.05, 4.69) is 40.0 Å². The summed E-state index contributed by atoms with van der Waals surface area (Å²) in [5.74, 6) is 0. The molecule has 0 amide bonds. The number of fused-ring (bicyclic) bond motifs is 1. The molecule has 0 spiro atoms. The average molecular weight is 281 g/mol. The van der Waals surface area contributed by atoms with Gasteiger partial charge in [0.05, 0.1) is 0 Å². The molecule has 0 aliphatic rings. The number of aromatic nitrogens is 1. The van der Waals surface area contributed by atoms with E-state index in [4.69, 9.17) is 5.73 Å². The van der Waals surface area contributed by atoms with Gasteiger partial charge >= 0.3 is 0 Å². The maximum Gasteiger partial charge on any atom is 0.0458 e. The standard InChI is InChI=1S/C13H17BrN2/c1-2-3-4-12(15)11-8-16-13-6-5-9(14)7-10(11)13/h5-8,12,16H,2-4,15H2,1H3/t12-/m1/s1. The third-order valence-electron chi connectivity index (χ3n) is 2.94. The van der Waals surface area contributed by atoms with E-state index in [9.17, 15) is 0 Å². The fraction of sp³-hybridized carbons (Fsp3) is 0.385. The summed E-state index contributed by atoms with van der Waals surface area (Å²) in [6, 6.07) is 6.39. The third kappa shape index (κ3) is 2.30. The van der Waals surface area contributed by atoms with Gasteiger partial charge in [0.25, 0.3) is 0 Å². The van der Waals surface area contributed by atoms with E-state index in [-0.39, 0.29) is 6.04 Å². The largest absolute Gasteiger partial charge is 0.361 e. The van der Waals surface area contributed by atoms with Crippen LogP contribution in [0.25, 0.3) is 10.9 Å². The number of benzene rings is 1. The first kappa shape index (κ1) is 11.7. The minimum Gasteiger partial charge on any atom is -0.361 e. The number of aromatic amines is 1. The lowest BCUT2D eigenvalue weighted by atomic mass is 10.0. The Hall–Kier alpha value is -0.800. The summed E-state index contributed by atoms with van der Waals surface area (Å²) in [6.07, 6.45) is 5.47. The van der Waals surface area contributed by atoms with Crippen molar-refractivity contribution in [3.63, 3.8) is 0 Å². The highest BCUT2D eigenvalue weighted by atomic mass is 79.9. The van der Waals surface area contributed by atoms with Crippen LogP contribution in [0.15, 0.2) is 28.9 Å². The summed E-state index contributed by atoms with van der Waals surface area (Å²) >= 11 is 3.50. The van der Waals surface area contributed by atoms with Gasteiger partial charge in [-0.2, -0.15) is 0 Å². The van der Waals surface area contributed by atoms with Gasteiger partial charge < -0.3 is 10.7 Å². The third-order valence-corrected chi connectivity index (χ3v) is 3.44. The van der Waals surface area contributed by atoms with Crippen molar-refractivity contribution < 1.29 is 0 Å². The topological polar surface area (TPSA) is 41.8 Å². The summed E-state index contributed by atoms with van der Waals surface area (Å²) in [7, 11) is 0. The van der Waals surface area contributed by atoms with Gasteiger partial charge in [-0.25, -0.2) is 0 Å². The van der Waals surface area contributed by atoms with Crippen molar-refractivity contribution in [3.05, 3.63) is 34.4 Å². The van der Waals surface area contributed by atoms with E-state index >= 15 is 0 Å². The molecule has 1 aromatic heterocycles. The molecule has 16 heavy (non-hydrogen) atoms. The highest BCUT2D eigenvalue weighted by Crippen LogP contribution is 2.28. The Balaban J connectivity index is 2.33. The van der Waals surface area contributed by atoms with Crippen LogP contribution >= 0.6 is 15.9 Å². The highest BCUT2D eigenvalue weighted by Gasteiger charge is 2.11. The van der Waals surface area contributed by atoms with Gasteiger partial charge in [-0.3, -0.25) is 0 Å². The molecule has 0 aliphatic carbocycles. The predicted molar refractivity (Wildman–Crippen MR) is 72.5 cm³/mol. The van der Waals surface area contributed by atoms with E-state index in [1.807, 2.05) is 12.3 Å². The van der Waals surface area contributed by atoms with Crippen molar-refractivity contribution in [1.82, 2.24) is 4.98 Å². The quantitative estimate of drug-likeness (QED) is 0.869. The molecule has 0 radical (unpaired) electrons. The summed E-state index contributed by atoms with van der Waals surface area (Å²) < 4.78 is 1.10. The van der Waals surface area contributed by atoms with E-state index in [0.29, 0.717) is 0 Å². The fourth-order valence-electron chi connectivity index (χ4n) is 2.00. The molecule has 0 saturated carbocycles. The molecule has 0 unspecified atom stereocenters. The Bertz CT molecular complexity index is 476. The number of unbranched alkanes of at least 4 members (excludes halogenated alkanes) is 1. The molecule has 1 heterocycles. The Morgan fingerprint density at radius 3 is 3.00 bits per heavy atom. The monoisotopic (exact) mass is 280 g/mol. The molecule has 1 aromatic carbocycles. The fourth-order valence-corrected chi connectivity index (χ4v) is 2.36. The molecular weight excluding hydrogens is 264 g/mol. The molecule has 0 aliphatic heterocycles. The van der Waals surface area contributed by atoms with Crippen LogP contribution < -0.4 is 5.73 Å². The van der Waals surface area contributed by atoms with Crippen molar-refractivity contribution in [1.29, 1.82) is 0 Å². The van der Waals surface area contributed by atoms with Gasteiger partial charge in [-0.05, 0) is 30.2 Å². The van der Waals surface area contributed by atoms with Crippen molar-refractivity contribution in [2.45, 2.75) is 32.2 Å². The summed E-state index contributed by atoms with van der Waals surface area (Å²) in [5.41, 5.74) is 8.59. The van der Waals surface area contributed by atoms with Crippen molar-refractivity contribution in [3.8, 4) is 0 Å². The minimum absolute atomic E-state index is 0.142. The van der Waals surface area contributed by atoms with Crippen molar-refractivity contribution in [2.75, 3.05) is 0 Å². The van der Waals surface area contributed by atoms with Crippen LogP contribution in [0.3, 0.4) is 0 Å². The maximum absolute atomic E-state index is 6.21. The normalized spacial score (nSPS) is 13.2. The first-order valence-electron chi connectivity index (χ1n) is 5.74. The maximum atomic E-state index is 6.21. The zero-order chi connectivity index (χ0) is 11.5. The Morgan fingerprint density at radius 2 is 2.25 bits per heavy atom. The smallest absolute Gasteiger partial charge is 0.0458 e. The summed E-state index contributed by atoms with van der Waals surface area (Å²) in [4.78, 5) is 3.27. The first-order chi connectivity index (χ1) is 7.72. The number of hydrogen-bond donors (Lipinski definition) is 2. The molecule has 2 aromatic rings. The number of rotatable bonds is 4. The Kier molecular flexibility index (Phi) is 3.66. The zero-order valence-corrected chi connectivity index (χ0v) is 11.0. The molecule has 86 valence electrons. The van der Waals surface area contributed by atoms with Gasteiger partial charge in [-0.1, -0.05) is 35.7 Å².